The number of rotatable bonds is 6. The van der Waals surface area contributed by atoms with Gasteiger partial charge < -0.3 is 9.72 Å². The van der Waals surface area contributed by atoms with Crippen LogP contribution in [0.2, 0.25) is 25.7 Å². The Bertz CT molecular complexity index is 862. The molecule has 0 spiro atoms. The Kier molecular flexibility index (Phi) is 4.47. The maximum absolute atomic E-state index is 12.1. The minimum absolute atomic E-state index is 0.175. The molecule has 122 valence electrons. The molecular weight excluding hydrogens is 328 g/mol. The SMILES string of the molecule is C[Si](C)(C)CCOCc1[nH]ncc1-c1cc2scnc2c(=O)[nH]1. The maximum Gasteiger partial charge on any atom is 0.275 e. The normalized spacial score (nSPS) is 12.1. The van der Waals surface area contributed by atoms with E-state index in [-0.39, 0.29) is 5.56 Å². The predicted octanol–water partition coefficient (Wildman–Crippen LogP) is 3.23. The molecule has 2 N–H and O–H groups in total. The summed E-state index contributed by atoms with van der Waals surface area (Å²) in [7, 11) is -1.09. The van der Waals surface area contributed by atoms with Gasteiger partial charge in [-0.25, -0.2) is 4.98 Å². The molecule has 3 heterocycles. The van der Waals surface area contributed by atoms with Crippen molar-refractivity contribution in [3.63, 3.8) is 0 Å². The van der Waals surface area contributed by atoms with Crippen LogP contribution in [0.3, 0.4) is 0 Å². The minimum atomic E-state index is -1.09. The molecule has 0 aliphatic carbocycles. The summed E-state index contributed by atoms with van der Waals surface area (Å²) in [6.45, 7) is 8.19. The third-order valence-corrected chi connectivity index (χ3v) is 6.06. The summed E-state index contributed by atoms with van der Waals surface area (Å²) in [6.07, 6.45) is 1.72. The Morgan fingerprint density at radius 2 is 2.17 bits per heavy atom. The third kappa shape index (κ3) is 3.77. The van der Waals surface area contributed by atoms with E-state index in [9.17, 15) is 4.79 Å². The van der Waals surface area contributed by atoms with Gasteiger partial charge in [-0.05, 0) is 12.1 Å². The van der Waals surface area contributed by atoms with E-state index in [4.69, 9.17) is 4.74 Å². The van der Waals surface area contributed by atoms with Crippen LogP contribution in [0.1, 0.15) is 5.69 Å². The van der Waals surface area contributed by atoms with E-state index in [0.717, 1.165) is 34.3 Å². The van der Waals surface area contributed by atoms with Crippen molar-refractivity contribution in [3.8, 4) is 11.3 Å². The number of fused-ring (bicyclic) bond motifs is 1. The second-order valence-corrected chi connectivity index (χ2v) is 13.2. The molecule has 0 aliphatic heterocycles. The van der Waals surface area contributed by atoms with E-state index in [2.05, 4.69) is 39.8 Å². The second kappa shape index (κ2) is 6.38. The molecule has 0 amide bonds. The van der Waals surface area contributed by atoms with Gasteiger partial charge in [0.15, 0.2) is 0 Å². The van der Waals surface area contributed by atoms with Crippen LogP contribution in [0.25, 0.3) is 21.5 Å². The maximum atomic E-state index is 12.1. The fraction of sp³-hybridized carbons (Fsp3) is 0.400. The predicted molar refractivity (Wildman–Crippen MR) is 95.6 cm³/mol. The van der Waals surface area contributed by atoms with Crippen LogP contribution in [0.5, 0.6) is 0 Å². The molecule has 0 atom stereocenters. The highest BCUT2D eigenvalue weighted by atomic mass is 32.1. The first kappa shape index (κ1) is 16.1. The van der Waals surface area contributed by atoms with Crippen molar-refractivity contribution in [1.82, 2.24) is 20.2 Å². The summed E-state index contributed by atoms with van der Waals surface area (Å²) in [5, 5.41) is 7.06. The van der Waals surface area contributed by atoms with Gasteiger partial charge in [-0.3, -0.25) is 9.89 Å². The van der Waals surface area contributed by atoms with Crippen LogP contribution in [-0.4, -0.2) is 34.8 Å². The molecule has 0 bridgehead atoms. The molecule has 6 nitrogen and oxygen atoms in total. The molecule has 0 aliphatic rings. The summed E-state index contributed by atoms with van der Waals surface area (Å²) in [5.41, 5.74) is 4.47. The number of nitrogens with one attached hydrogen (secondary N) is 2. The van der Waals surface area contributed by atoms with Crippen molar-refractivity contribution in [2.45, 2.75) is 32.3 Å². The van der Waals surface area contributed by atoms with Crippen molar-refractivity contribution in [2.24, 2.45) is 0 Å². The van der Waals surface area contributed by atoms with Crippen LogP contribution in [0.4, 0.5) is 0 Å². The number of aromatic amines is 2. The lowest BCUT2D eigenvalue weighted by Gasteiger charge is -2.15. The van der Waals surface area contributed by atoms with Gasteiger partial charge in [0.05, 0.1) is 34.4 Å². The molecule has 3 aromatic heterocycles. The molecule has 0 radical (unpaired) electrons. The highest BCUT2D eigenvalue weighted by Crippen LogP contribution is 2.24. The molecule has 3 rings (SSSR count). The van der Waals surface area contributed by atoms with E-state index in [1.807, 2.05) is 6.07 Å². The highest BCUT2D eigenvalue weighted by Gasteiger charge is 2.14. The Morgan fingerprint density at radius 3 is 2.96 bits per heavy atom. The number of aromatic nitrogens is 4. The fourth-order valence-corrected chi connectivity index (χ4v) is 3.70. The molecule has 8 heteroatoms. The summed E-state index contributed by atoms with van der Waals surface area (Å²) < 4.78 is 6.65. The number of nitrogens with zero attached hydrogens (tertiary/aromatic N) is 2. The molecular formula is C15H20N4O2SSi. The largest absolute Gasteiger partial charge is 0.375 e. The molecule has 23 heavy (non-hydrogen) atoms. The van der Waals surface area contributed by atoms with Crippen LogP contribution in [0.15, 0.2) is 22.6 Å². The Labute approximate surface area is 138 Å². The van der Waals surface area contributed by atoms with Gasteiger partial charge in [-0.1, -0.05) is 19.6 Å². The van der Waals surface area contributed by atoms with Crippen molar-refractivity contribution in [3.05, 3.63) is 33.8 Å². The van der Waals surface area contributed by atoms with Gasteiger partial charge in [0.1, 0.15) is 5.52 Å². The minimum Gasteiger partial charge on any atom is -0.375 e. The number of ether oxygens (including phenoxy) is 1. The lowest BCUT2D eigenvalue weighted by atomic mass is 10.1. The van der Waals surface area contributed by atoms with Crippen LogP contribution in [-0.2, 0) is 11.3 Å². The van der Waals surface area contributed by atoms with Gasteiger partial charge >= 0.3 is 0 Å². The molecule has 0 saturated heterocycles. The van der Waals surface area contributed by atoms with E-state index >= 15 is 0 Å². The van der Waals surface area contributed by atoms with Gasteiger partial charge in [-0.2, -0.15) is 5.10 Å². The lowest BCUT2D eigenvalue weighted by molar-refractivity contribution is 0.131. The first-order valence-electron chi connectivity index (χ1n) is 7.51. The van der Waals surface area contributed by atoms with E-state index in [0.29, 0.717) is 12.1 Å². The topological polar surface area (TPSA) is 83.7 Å². The average molecular weight is 349 g/mol. The molecule has 0 unspecified atom stereocenters. The number of hydrogen-bond acceptors (Lipinski definition) is 5. The zero-order valence-electron chi connectivity index (χ0n) is 13.5. The standard InChI is InChI=1S/C15H20N4O2SSi/c1-23(2,3)5-4-21-8-12-10(7-17-19-12)11-6-13-14(15(20)18-11)16-9-22-13/h6-7,9H,4-5,8H2,1-3H3,(H,17,19)(H,18,20). The van der Waals surface area contributed by atoms with Crippen molar-refractivity contribution >= 4 is 29.6 Å². The first-order valence-corrected chi connectivity index (χ1v) is 12.1. The zero-order valence-corrected chi connectivity index (χ0v) is 15.3. The van der Waals surface area contributed by atoms with E-state index < -0.39 is 8.07 Å². The lowest BCUT2D eigenvalue weighted by Crippen LogP contribution is -2.21. The first-order chi connectivity index (χ1) is 10.9. The van der Waals surface area contributed by atoms with Gasteiger partial charge in [0, 0.05) is 20.2 Å². The monoisotopic (exact) mass is 348 g/mol. The molecule has 0 aromatic carbocycles. The van der Waals surface area contributed by atoms with E-state index in [1.165, 1.54) is 11.3 Å². The number of H-pyrrole nitrogens is 2. The number of pyridine rings is 1. The Balaban J connectivity index is 1.78. The van der Waals surface area contributed by atoms with Gasteiger partial charge in [0.2, 0.25) is 0 Å². The molecule has 0 saturated carbocycles. The third-order valence-electron chi connectivity index (χ3n) is 3.58. The number of thiazole rings is 1. The summed E-state index contributed by atoms with van der Waals surface area (Å²) >= 11 is 1.45. The Hall–Kier alpha value is -1.77. The molecule has 0 fully saturated rings. The van der Waals surface area contributed by atoms with Crippen LogP contribution < -0.4 is 5.56 Å². The summed E-state index contributed by atoms with van der Waals surface area (Å²) in [5.74, 6) is 0. The number of hydrogen-bond donors (Lipinski definition) is 2. The van der Waals surface area contributed by atoms with Crippen molar-refractivity contribution < 1.29 is 4.74 Å². The van der Waals surface area contributed by atoms with E-state index in [1.54, 1.807) is 11.7 Å². The average Bonchev–Trinajstić information content (AvgIpc) is 3.11. The second-order valence-electron chi connectivity index (χ2n) is 6.70. The van der Waals surface area contributed by atoms with Crippen LogP contribution in [0, 0.1) is 0 Å². The molecule has 3 aromatic rings. The summed E-state index contributed by atoms with van der Waals surface area (Å²) in [4.78, 5) is 19.0. The van der Waals surface area contributed by atoms with Crippen molar-refractivity contribution in [1.29, 1.82) is 0 Å². The smallest absolute Gasteiger partial charge is 0.275 e. The van der Waals surface area contributed by atoms with Gasteiger partial charge in [0.25, 0.3) is 5.56 Å². The quantitative estimate of drug-likeness (QED) is 0.529. The summed E-state index contributed by atoms with van der Waals surface area (Å²) in [6, 6.07) is 3.06. The Morgan fingerprint density at radius 1 is 1.35 bits per heavy atom. The van der Waals surface area contributed by atoms with Crippen LogP contribution >= 0.6 is 11.3 Å². The fourth-order valence-electron chi connectivity index (χ4n) is 2.23. The van der Waals surface area contributed by atoms with Gasteiger partial charge in [-0.15, -0.1) is 11.3 Å². The van der Waals surface area contributed by atoms with Crippen molar-refractivity contribution in [2.75, 3.05) is 6.61 Å². The highest BCUT2D eigenvalue weighted by molar-refractivity contribution is 7.16. The zero-order chi connectivity index (χ0) is 16.4.